The molecule has 0 aromatic rings. The van der Waals surface area contributed by atoms with Crippen LogP contribution in [0.4, 0.5) is 0 Å². The summed E-state index contributed by atoms with van der Waals surface area (Å²) in [7, 11) is 0. The van der Waals surface area contributed by atoms with Gasteiger partial charge in [0.2, 0.25) is 0 Å². The van der Waals surface area contributed by atoms with E-state index in [-0.39, 0.29) is 4.99 Å². The Hall–Kier alpha value is -0.480. The van der Waals surface area contributed by atoms with E-state index in [1.165, 1.54) is 5.48 Å². The summed E-state index contributed by atoms with van der Waals surface area (Å²) in [5, 5.41) is 7.71. The zero-order chi connectivity index (χ0) is 4.99. The molecule has 3 nitrogen and oxygen atoms in total. The number of hydrogen-bond donors (Lipinski definition) is 2. The summed E-state index contributed by atoms with van der Waals surface area (Å²) in [5.41, 5.74) is 1.48. The van der Waals surface area contributed by atoms with Gasteiger partial charge in [0.1, 0.15) is 0 Å². The van der Waals surface area contributed by atoms with Crippen LogP contribution < -0.4 is 5.48 Å². The van der Waals surface area contributed by atoms with Crippen LogP contribution in [0.15, 0.2) is 0 Å². The van der Waals surface area contributed by atoms with Gasteiger partial charge in [0.15, 0.2) is 11.3 Å². The van der Waals surface area contributed by atoms with Crippen molar-refractivity contribution in [1.29, 1.82) is 0 Å². The van der Waals surface area contributed by atoms with E-state index in [0.29, 0.717) is 6.29 Å². The summed E-state index contributed by atoms with van der Waals surface area (Å²) in [6, 6.07) is 0. The van der Waals surface area contributed by atoms with Gasteiger partial charge in [-0.05, 0) is 0 Å². The molecule has 0 aromatic carbocycles. The number of carbonyl (C=O) groups excluding carboxylic acids is 1. The molecule has 0 spiro atoms. The lowest BCUT2D eigenvalue weighted by Crippen LogP contribution is -2.16. The second-order valence-corrected chi connectivity index (χ2v) is 1.03. The molecule has 34 valence electrons. The Morgan fingerprint density at radius 3 is 2.50 bits per heavy atom. The van der Waals surface area contributed by atoms with Crippen molar-refractivity contribution < 1.29 is 10.0 Å². The van der Waals surface area contributed by atoms with E-state index in [9.17, 15) is 4.79 Å². The molecule has 0 aliphatic rings. The molecule has 0 amide bonds. The highest BCUT2D eigenvalue weighted by molar-refractivity contribution is 7.81. The molecule has 0 saturated carbocycles. The fourth-order valence-corrected chi connectivity index (χ4v) is 0.0264. The minimum Gasteiger partial charge on any atom is -0.295 e. The third-order valence-corrected chi connectivity index (χ3v) is 0.405. The first kappa shape index (κ1) is 5.52. The van der Waals surface area contributed by atoms with Crippen LogP contribution in [0.1, 0.15) is 0 Å². The number of carbonyl (C=O) groups is 1. The Kier molecular flexibility index (Phi) is 2.52. The average molecular weight is 105 g/mol. The number of hydroxylamine groups is 1. The molecule has 0 heterocycles. The molecule has 0 unspecified atom stereocenters. The first-order valence-electron chi connectivity index (χ1n) is 1.20. The van der Waals surface area contributed by atoms with Gasteiger partial charge in [0.25, 0.3) is 0 Å². The topological polar surface area (TPSA) is 49.3 Å². The molecule has 4 heteroatoms. The van der Waals surface area contributed by atoms with Crippen molar-refractivity contribution in [3.63, 3.8) is 0 Å². The van der Waals surface area contributed by atoms with Gasteiger partial charge in [-0.25, -0.2) is 0 Å². The lowest BCUT2D eigenvalue weighted by Gasteiger charge is -1.82. The van der Waals surface area contributed by atoms with Gasteiger partial charge in [-0.2, -0.15) is 0 Å². The highest BCUT2D eigenvalue weighted by Gasteiger charge is 1.80. The van der Waals surface area contributed by atoms with Crippen LogP contribution >= 0.6 is 12.2 Å². The van der Waals surface area contributed by atoms with Crippen molar-refractivity contribution in [2.24, 2.45) is 0 Å². The van der Waals surface area contributed by atoms with Crippen molar-refractivity contribution in [3.8, 4) is 0 Å². The van der Waals surface area contributed by atoms with Crippen LogP contribution in [0.5, 0.6) is 0 Å². The fraction of sp³-hybridized carbons (Fsp3) is 0. The number of thiocarbonyl (C=S) groups is 1. The van der Waals surface area contributed by atoms with Crippen LogP contribution in [0, 0.1) is 0 Å². The second kappa shape index (κ2) is 2.74. The maximum absolute atomic E-state index is 9.37. The number of hydrogen-bond acceptors (Lipinski definition) is 3. The highest BCUT2D eigenvalue weighted by atomic mass is 32.1. The average Bonchev–Trinajstić information content (AvgIpc) is 1.65. The Labute approximate surface area is 39.9 Å². The molecular weight excluding hydrogens is 102 g/mol. The predicted molar refractivity (Wildman–Crippen MR) is 23.6 cm³/mol. The lowest BCUT2D eigenvalue weighted by atomic mass is 10.8. The van der Waals surface area contributed by atoms with Crippen molar-refractivity contribution in [2.75, 3.05) is 0 Å². The molecule has 0 aliphatic heterocycles. The van der Waals surface area contributed by atoms with Crippen molar-refractivity contribution in [3.05, 3.63) is 0 Å². The van der Waals surface area contributed by atoms with Crippen molar-refractivity contribution >= 4 is 23.5 Å². The molecule has 0 rings (SSSR count). The van der Waals surface area contributed by atoms with Crippen LogP contribution in [-0.4, -0.2) is 16.5 Å². The lowest BCUT2D eigenvalue weighted by molar-refractivity contribution is -0.103. The molecule has 0 fully saturated rings. The molecule has 6 heavy (non-hydrogen) atoms. The third kappa shape index (κ3) is 1.80. The standard InChI is InChI=1S/C2H3NO2S/c4-1-2(6)3-5/h1,5H,(H,3,6). The number of nitrogens with one attached hydrogen (secondary N) is 1. The Balaban J connectivity index is 3.23. The summed E-state index contributed by atoms with van der Waals surface area (Å²) in [6.45, 7) is 0. The maximum Gasteiger partial charge on any atom is 0.179 e. The Morgan fingerprint density at radius 1 is 2.00 bits per heavy atom. The summed E-state index contributed by atoms with van der Waals surface area (Å²) >= 11 is 4.13. The van der Waals surface area contributed by atoms with Gasteiger partial charge >= 0.3 is 0 Å². The SMILES string of the molecule is O=CC(=S)NO. The first-order chi connectivity index (χ1) is 2.81. The predicted octanol–water partition coefficient (Wildman–Crippen LogP) is -0.509. The van der Waals surface area contributed by atoms with Gasteiger partial charge in [0.05, 0.1) is 0 Å². The van der Waals surface area contributed by atoms with Gasteiger partial charge in [-0.1, -0.05) is 12.2 Å². The number of rotatable bonds is 1. The first-order valence-corrected chi connectivity index (χ1v) is 1.61. The van der Waals surface area contributed by atoms with Gasteiger partial charge in [-0.15, -0.1) is 0 Å². The molecule has 0 aliphatic carbocycles. The molecule has 2 N–H and O–H groups in total. The second-order valence-electron chi connectivity index (χ2n) is 0.594. The minimum atomic E-state index is -0.199. The van der Waals surface area contributed by atoms with Crippen LogP contribution in [0.25, 0.3) is 0 Å². The molecule has 0 bridgehead atoms. The van der Waals surface area contributed by atoms with E-state index in [1.54, 1.807) is 0 Å². The van der Waals surface area contributed by atoms with Crippen LogP contribution in [0.3, 0.4) is 0 Å². The zero-order valence-electron chi connectivity index (χ0n) is 2.84. The van der Waals surface area contributed by atoms with Crippen LogP contribution in [-0.2, 0) is 4.79 Å². The van der Waals surface area contributed by atoms with E-state index in [0.717, 1.165) is 0 Å². The number of aldehydes is 1. The van der Waals surface area contributed by atoms with Gasteiger partial charge in [-0.3, -0.25) is 15.5 Å². The Morgan fingerprint density at radius 2 is 2.50 bits per heavy atom. The Bertz CT molecular complexity index is 71.9. The normalized spacial score (nSPS) is 6.83. The minimum absolute atomic E-state index is 0.199. The van der Waals surface area contributed by atoms with E-state index < -0.39 is 0 Å². The summed E-state index contributed by atoms with van der Waals surface area (Å²) in [5.74, 6) is 0. The van der Waals surface area contributed by atoms with E-state index in [4.69, 9.17) is 5.21 Å². The fourth-order valence-electron chi connectivity index (χ4n) is 0.0264. The molecule has 0 atom stereocenters. The van der Waals surface area contributed by atoms with Crippen molar-refractivity contribution in [1.82, 2.24) is 5.48 Å². The molecule has 0 radical (unpaired) electrons. The summed E-state index contributed by atoms with van der Waals surface area (Å²) < 4.78 is 0. The van der Waals surface area contributed by atoms with Crippen molar-refractivity contribution in [2.45, 2.75) is 0 Å². The maximum atomic E-state index is 9.37. The summed E-state index contributed by atoms with van der Waals surface area (Å²) in [6.07, 6.45) is 0.343. The largest absolute Gasteiger partial charge is 0.295 e. The van der Waals surface area contributed by atoms with E-state index >= 15 is 0 Å². The molecule has 0 saturated heterocycles. The van der Waals surface area contributed by atoms with Crippen LogP contribution in [0.2, 0.25) is 0 Å². The molecule has 0 aromatic heterocycles. The smallest absolute Gasteiger partial charge is 0.179 e. The monoisotopic (exact) mass is 105 g/mol. The van der Waals surface area contributed by atoms with Gasteiger partial charge < -0.3 is 0 Å². The molecular formula is C2H3NO2S. The van der Waals surface area contributed by atoms with E-state index in [1.807, 2.05) is 0 Å². The summed E-state index contributed by atoms with van der Waals surface area (Å²) in [4.78, 5) is 9.17. The highest BCUT2D eigenvalue weighted by Crippen LogP contribution is 1.54. The quantitative estimate of drug-likeness (QED) is 0.268. The van der Waals surface area contributed by atoms with E-state index in [2.05, 4.69) is 12.2 Å². The third-order valence-electron chi connectivity index (χ3n) is 0.217. The van der Waals surface area contributed by atoms with Gasteiger partial charge in [0, 0.05) is 0 Å². The zero-order valence-corrected chi connectivity index (χ0v) is 3.66.